The lowest BCUT2D eigenvalue weighted by atomic mass is 10.2. The number of hydrogen-bond acceptors (Lipinski definition) is 5. The van der Waals surface area contributed by atoms with Gasteiger partial charge in [0, 0.05) is 16.0 Å². The maximum absolute atomic E-state index is 12.2. The zero-order valence-electron chi connectivity index (χ0n) is 12.8. The number of amides is 1. The summed E-state index contributed by atoms with van der Waals surface area (Å²) in [4.78, 5) is 12.2. The molecule has 1 heterocycles. The molecular formula is C15H14Cl2N2O3S2. The Balaban J connectivity index is 2.17. The van der Waals surface area contributed by atoms with Crippen LogP contribution in [0.3, 0.4) is 0 Å². The predicted molar refractivity (Wildman–Crippen MR) is 98.2 cm³/mol. The van der Waals surface area contributed by atoms with Crippen LogP contribution in [-0.4, -0.2) is 25.8 Å². The van der Waals surface area contributed by atoms with Crippen molar-refractivity contribution < 1.29 is 13.2 Å². The van der Waals surface area contributed by atoms with Crippen LogP contribution in [0, 0.1) is 0 Å². The molecule has 128 valence electrons. The molecule has 0 aliphatic heterocycles. The fourth-order valence-electron chi connectivity index (χ4n) is 1.72. The number of sulfone groups is 1. The Bertz CT molecular complexity index is 890. The number of nitrogens with zero attached hydrogens (tertiary/aromatic N) is 1. The van der Waals surface area contributed by atoms with Gasteiger partial charge in [-0.05, 0) is 19.9 Å². The van der Waals surface area contributed by atoms with E-state index >= 15 is 0 Å². The first kappa shape index (κ1) is 18.9. The number of hydrogen-bond donors (Lipinski definition) is 1. The normalized spacial score (nSPS) is 12.0. The third kappa shape index (κ3) is 3.97. The van der Waals surface area contributed by atoms with Crippen LogP contribution < -0.4 is 5.43 Å². The highest BCUT2D eigenvalue weighted by atomic mass is 35.5. The number of carbonyl (C=O) groups excluding carboxylic acids is 1. The number of hydrazone groups is 1. The number of halogens is 2. The van der Waals surface area contributed by atoms with Gasteiger partial charge in [0.2, 0.25) is 0 Å². The molecule has 2 aromatic rings. The third-order valence-corrected chi connectivity index (χ3v) is 7.37. The van der Waals surface area contributed by atoms with Gasteiger partial charge in [0.15, 0.2) is 9.84 Å². The highest BCUT2D eigenvalue weighted by Gasteiger charge is 2.27. The minimum atomic E-state index is -3.55. The van der Waals surface area contributed by atoms with Crippen molar-refractivity contribution in [2.45, 2.75) is 24.0 Å². The molecule has 9 heteroatoms. The summed E-state index contributed by atoms with van der Waals surface area (Å²) < 4.78 is 24.3. The van der Waals surface area contributed by atoms with E-state index in [1.54, 1.807) is 38.1 Å². The molecule has 0 aliphatic rings. The summed E-state index contributed by atoms with van der Waals surface area (Å²) >= 11 is 13.0. The van der Waals surface area contributed by atoms with Crippen molar-refractivity contribution in [3.63, 3.8) is 0 Å². The van der Waals surface area contributed by atoms with Crippen molar-refractivity contribution in [1.29, 1.82) is 0 Å². The SMILES string of the molecule is CC(C)S(=O)(=O)c1csc(C(=O)NN=Cc2ccccc2Cl)c1Cl. The van der Waals surface area contributed by atoms with Crippen molar-refractivity contribution in [2.24, 2.45) is 5.10 Å². The molecule has 5 nitrogen and oxygen atoms in total. The summed E-state index contributed by atoms with van der Waals surface area (Å²) in [5, 5.41) is 4.97. The molecule has 1 aromatic carbocycles. The Morgan fingerprint density at radius 3 is 2.58 bits per heavy atom. The van der Waals surface area contributed by atoms with E-state index in [1.165, 1.54) is 11.6 Å². The summed E-state index contributed by atoms with van der Waals surface area (Å²) in [7, 11) is -3.55. The molecule has 0 atom stereocenters. The Labute approximate surface area is 154 Å². The molecule has 0 radical (unpaired) electrons. The zero-order chi connectivity index (χ0) is 17.9. The minimum Gasteiger partial charge on any atom is -0.266 e. The summed E-state index contributed by atoms with van der Waals surface area (Å²) in [5.41, 5.74) is 2.95. The highest BCUT2D eigenvalue weighted by Crippen LogP contribution is 2.33. The maximum atomic E-state index is 12.2. The summed E-state index contributed by atoms with van der Waals surface area (Å²) in [5.74, 6) is -0.585. The lowest BCUT2D eigenvalue weighted by Crippen LogP contribution is -2.17. The molecule has 0 spiro atoms. The first-order chi connectivity index (χ1) is 11.2. The molecule has 0 aliphatic carbocycles. The molecule has 1 aromatic heterocycles. The molecule has 2 rings (SSSR count). The zero-order valence-corrected chi connectivity index (χ0v) is 15.9. The molecule has 0 saturated carbocycles. The molecule has 1 amide bonds. The summed E-state index contributed by atoms with van der Waals surface area (Å²) in [6.07, 6.45) is 1.40. The third-order valence-electron chi connectivity index (χ3n) is 3.11. The van der Waals surface area contributed by atoms with Crippen LogP contribution in [0.2, 0.25) is 10.0 Å². The van der Waals surface area contributed by atoms with E-state index in [0.29, 0.717) is 10.6 Å². The number of benzene rings is 1. The van der Waals surface area contributed by atoms with Gasteiger partial charge in [-0.25, -0.2) is 13.8 Å². The Kier molecular flexibility index (Phi) is 6.03. The van der Waals surface area contributed by atoms with Gasteiger partial charge in [0.1, 0.15) is 4.88 Å². The Morgan fingerprint density at radius 2 is 1.96 bits per heavy atom. The molecule has 0 bridgehead atoms. The molecule has 24 heavy (non-hydrogen) atoms. The van der Waals surface area contributed by atoms with Gasteiger partial charge < -0.3 is 0 Å². The van der Waals surface area contributed by atoms with Gasteiger partial charge in [0.05, 0.1) is 21.4 Å². The van der Waals surface area contributed by atoms with Crippen molar-refractivity contribution in [1.82, 2.24) is 5.43 Å². The van der Waals surface area contributed by atoms with E-state index in [0.717, 1.165) is 11.3 Å². The van der Waals surface area contributed by atoms with Gasteiger partial charge in [-0.3, -0.25) is 4.79 Å². The van der Waals surface area contributed by atoms with Crippen LogP contribution in [0.1, 0.15) is 29.1 Å². The van der Waals surface area contributed by atoms with Crippen LogP contribution in [-0.2, 0) is 9.84 Å². The number of rotatable bonds is 5. The van der Waals surface area contributed by atoms with Crippen LogP contribution in [0.4, 0.5) is 0 Å². The van der Waals surface area contributed by atoms with E-state index < -0.39 is 21.0 Å². The van der Waals surface area contributed by atoms with E-state index in [1.807, 2.05) is 0 Å². The quantitative estimate of drug-likeness (QED) is 0.604. The van der Waals surface area contributed by atoms with Gasteiger partial charge in [-0.1, -0.05) is 41.4 Å². The van der Waals surface area contributed by atoms with E-state index in [-0.39, 0.29) is 14.8 Å². The monoisotopic (exact) mass is 404 g/mol. The lowest BCUT2D eigenvalue weighted by Gasteiger charge is -2.06. The lowest BCUT2D eigenvalue weighted by molar-refractivity contribution is 0.0959. The van der Waals surface area contributed by atoms with Crippen molar-refractivity contribution in [3.8, 4) is 0 Å². The van der Waals surface area contributed by atoms with Crippen molar-refractivity contribution >= 4 is 56.5 Å². The largest absolute Gasteiger partial charge is 0.283 e. The smallest absolute Gasteiger partial charge is 0.266 e. The Morgan fingerprint density at radius 1 is 1.29 bits per heavy atom. The van der Waals surface area contributed by atoms with Gasteiger partial charge >= 0.3 is 0 Å². The Hall–Kier alpha value is -1.41. The molecule has 0 fully saturated rings. The molecular weight excluding hydrogens is 391 g/mol. The molecule has 0 unspecified atom stereocenters. The van der Waals surface area contributed by atoms with Crippen molar-refractivity contribution in [2.75, 3.05) is 0 Å². The predicted octanol–water partition coefficient (Wildman–Crippen LogP) is 4.00. The van der Waals surface area contributed by atoms with Crippen LogP contribution in [0.15, 0.2) is 39.6 Å². The highest BCUT2D eigenvalue weighted by molar-refractivity contribution is 7.92. The second-order valence-electron chi connectivity index (χ2n) is 5.06. The van der Waals surface area contributed by atoms with E-state index in [2.05, 4.69) is 10.5 Å². The second-order valence-corrected chi connectivity index (χ2v) is 9.19. The van der Waals surface area contributed by atoms with E-state index in [4.69, 9.17) is 23.2 Å². The average molecular weight is 405 g/mol. The molecule has 0 saturated heterocycles. The van der Waals surface area contributed by atoms with Gasteiger partial charge in [0.25, 0.3) is 5.91 Å². The van der Waals surface area contributed by atoms with Gasteiger partial charge in [-0.15, -0.1) is 11.3 Å². The minimum absolute atomic E-state index is 0.0376. The standard InChI is InChI=1S/C15H14Cl2N2O3S2/c1-9(2)24(21,22)12-8-23-14(13(12)17)15(20)19-18-7-10-5-3-4-6-11(10)16/h3-9H,1-2H3,(H,19,20). The number of thiophene rings is 1. The number of carbonyl (C=O) groups is 1. The fraction of sp³-hybridized carbons (Fsp3) is 0.200. The van der Waals surface area contributed by atoms with Crippen LogP contribution in [0.5, 0.6) is 0 Å². The fourth-order valence-corrected chi connectivity index (χ4v) is 4.88. The van der Waals surface area contributed by atoms with Crippen LogP contribution >= 0.6 is 34.5 Å². The first-order valence-electron chi connectivity index (χ1n) is 6.84. The maximum Gasteiger partial charge on any atom is 0.283 e. The second kappa shape index (κ2) is 7.65. The van der Waals surface area contributed by atoms with Gasteiger partial charge in [-0.2, -0.15) is 5.10 Å². The van der Waals surface area contributed by atoms with E-state index in [9.17, 15) is 13.2 Å². The first-order valence-corrected chi connectivity index (χ1v) is 10.0. The van der Waals surface area contributed by atoms with Crippen molar-refractivity contribution in [3.05, 3.63) is 50.1 Å². The topological polar surface area (TPSA) is 75.6 Å². The molecule has 1 N–H and O–H groups in total. The number of nitrogens with one attached hydrogen (secondary N) is 1. The van der Waals surface area contributed by atoms with Crippen LogP contribution in [0.25, 0.3) is 0 Å². The summed E-state index contributed by atoms with van der Waals surface area (Å²) in [6, 6.07) is 7.00. The summed E-state index contributed by atoms with van der Waals surface area (Å²) in [6.45, 7) is 3.11. The average Bonchev–Trinajstić information content (AvgIpc) is 2.91.